The third-order valence-electron chi connectivity index (χ3n) is 0.543. The largest absolute Gasteiger partial charge is 0.449 e. The lowest BCUT2D eigenvalue weighted by atomic mass is 10.6. The van der Waals surface area contributed by atoms with Crippen LogP contribution in [0, 0.1) is 0 Å². The van der Waals surface area contributed by atoms with Crippen molar-refractivity contribution in [2.45, 2.75) is 20.3 Å². The Labute approximate surface area is 55.7 Å². The summed E-state index contributed by atoms with van der Waals surface area (Å²) in [5.41, 5.74) is 5.11. The second-order valence-electron chi connectivity index (χ2n) is 1.72. The Morgan fingerprint density at radius 2 is 2.11 bits per heavy atom. The molecule has 0 aliphatic carbocycles. The first kappa shape index (κ1) is 8.08. The quantitative estimate of drug-likeness (QED) is 0.580. The van der Waals surface area contributed by atoms with E-state index in [1.165, 1.54) is 12.7 Å². The highest BCUT2D eigenvalue weighted by molar-refractivity contribution is 5.20. The number of hydrogen-bond acceptors (Lipinski definition) is 2. The number of furan rings is 1. The van der Waals surface area contributed by atoms with Gasteiger partial charge in [-0.05, 0) is 6.07 Å². The first-order chi connectivity index (χ1) is 4.31. The van der Waals surface area contributed by atoms with Gasteiger partial charge in [0.25, 0.3) is 0 Å². The molecule has 1 aromatic heterocycles. The van der Waals surface area contributed by atoms with Gasteiger partial charge in [0.1, 0.15) is 0 Å². The molecule has 0 atom stereocenters. The van der Waals surface area contributed by atoms with Crippen LogP contribution in [0.4, 0.5) is 5.88 Å². The lowest BCUT2D eigenvalue weighted by Crippen LogP contribution is -1.74. The maximum atomic E-state index is 5.11. The Hall–Kier alpha value is -0.920. The molecule has 0 radical (unpaired) electrons. The van der Waals surface area contributed by atoms with Gasteiger partial charge in [0.05, 0.1) is 6.26 Å². The van der Waals surface area contributed by atoms with Crippen LogP contribution in [0.3, 0.4) is 0 Å². The van der Waals surface area contributed by atoms with Gasteiger partial charge in [-0.2, -0.15) is 0 Å². The third kappa shape index (κ3) is 4.94. The molecular weight excluding hydrogens is 114 g/mol. The summed E-state index contributed by atoms with van der Waals surface area (Å²) >= 11 is 0. The Kier molecular flexibility index (Phi) is 4.69. The summed E-state index contributed by atoms with van der Waals surface area (Å²) in [5.74, 6) is 0.468. The van der Waals surface area contributed by atoms with E-state index in [2.05, 4.69) is 18.3 Å². The molecule has 0 aromatic carbocycles. The van der Waals surface area contributed by atoms with E-state index >= 15 is 0 Å². The standard InChI is InChI=1S/C4H5NO.C3H8/c5-4-2-1-3-6-4;1-3-2/h1-3H,5H2;3H2,1-2H3. The minimum absolute atomic E-state index is 0.468. The van der Waals surface area contributed by atoms with Crippen molar-refractivity contribution < 1.29 is 4.42 Å². The van der Waals surface area contributed by atoms with Gasteiger partial charge in [-0.25, -0.2) is 0 Å². The van der Waals surface area contributed by atoms with Crippen LogP contribution < -0.4 is 5.73 Å². The molecule has 0 aliphatic rings. The molecule has 0 aliphatic heterocycles. The topological polar surface area (TPSA) is 39.2 Å². The van der Waals surface area contributed by atoms with Crippen molar-refractivity contribution in [2.75, 3.05) is 5.73 Å². The van der Waals surface area contributed by atoms with Gasteiger partial charge < -0.3 is 10.2 Å². The molecule has 2 N–H and O–H groups in total. The number of anilines is 1. The maximum absolute atomic E-state index is 5.11. The van der Waals surface area contributed by atoms with Crippen molar-refractivity contribution in [3.8, 4) is 0 Å². The van der Waals surface area contributed by atoms with Crippen LogP contribution in [0.2, 0.25) is 0 Å². The summed E-state index contributed by atoms with van der Waals surface area (Å²) in [7, 11) is 0. The number of hydrogen-bond donors (Lipinski definition) is 1. The Balaban J connectivity index is 0.000000187. The highest BCUT2D eigenvalue weighted by atomic mass is 16.3. The summed E-state index contributed by atoms with van der Waals surface area (Å²) in [6, 6.07) is 3.44. The fourth-order valence-corrected chi connectivity index (χ4v) is 0.291. The molecule has 0 spiro atoms. The molecule has 1 heterocycles. The van der Waals surface area contributed by atoms with Gasteiger partial charge in [0.15, 0.2) is 5.88 Å². The number of nitrogen functional groups attached to an aromatic ring is 1. The van der Waals surface area contributed by atoms with E-state index in [0.717, 1.165) is 0 Å². The molecule has 0 saturated carbocycles. The van der Waals surface area contributed by atoms with Crippen molar-refractivity contribution in [2.24, 2.45) is 0 Å². The van der Waals surface area contributed by atoms with Gasteiger partial charge in [-0.3, -0.25) is 0 Å². The molecule has 0 bridgehead atoms. The van der Waals surface area contributed by atoms with Gasteiger partial charge in [0, 0.05) is 6.07 Å². The monoisotopic (exact) mass is 127 g/mol. The Morgan fingerprint density at radius 1 is 1.56 bits per heavy atom. The van der Waals surface area contributed by atoms with Gasteiger partial charge in [0.2, 0.25) is 0 Å². The minimum atomic E-state index is 0.468. The molecular formula is C7H13NO. The molecule has 0 saturated heterocycles. The van der Waals surface area contributed by atoms with Crippen molar-refractivity contribution in [3.05, 3.63) is 18.4 Å². The second kappa shape index (κ2) is 5.22. The fraction of sp³-hybridized carbons (Fsp3) is 0.429. The van der Waals surface area contributed by atoms with E-state index in [9.17, 15) is 0 Å². The average molecular weight is 127 g/mol. The van der Waals surface area contributed by atoms with E-state index in [1.807, 2.05) is 0 Å². The zero-order valence-corrected chi connectivity index (χ0v) is 5.92. The van der Waals surface area contributed by atoms with E-state index in [-0.39, 0.29) is 0 Å². The predicted molar refractivity (Wildman–Crippen MR) is 39.1 cm³/mol. The molecule has 2 heteroatoms. The van der Waals surface area contributed by atoms with E-state index in [1.54, 1.807) is 12.1 Å². The van der Waals surface area contributed by atoms with Crippen LogP contribution in [-0.4, -0.2) is 0 Å². The van der Waals surface area contributed by atoms with Gasteiger partial charge >= 0.3 is 0 Å². The van der Waals surface area contributed by atoms with E-state index < -0.39 is 0 Å². The van der Waals surface area contributed by atoms with Crippen molar-refractivity contribution in [1.29, 1.82) is 0 Å². The summed E-state index contributed by atoms with van der Waals surface area (Å²) in [4.78, 5) is 0. The molecule has 2 nitrogen and oxygen atoms in total. The fourth-order valence-electron chi connectivity index (χ4n) is 0.291. The maximum Gasteiger partial charge on any atom is 0.190 e. The minimum Gasteiger partial charge on any atom is -0.449 e. The predicted octanol–water partition coefficient (Wildman–Crippen LogP) is 2.28. The average Bonchev–Trinajstić information content (AvgIpc) is 2.20. The van der Waals surface area contributed by atoms with Crippen LogP contribution in [0.25, 0.3) is 0 Å². The molecule has 0 amide bonds. The SMILES string of the molecule is CCC.Nc1ccco1. The van der Waals surface area contributed by atoms with Gasteiger partial charge in [-0.1, -0.05) is 20.3 Å². The van der Waals surface area contributed by atoms with E-state index in [4.69, 9.17) is 5.73 Å². The van der Waals surface area contributed by atoms with Crippen molar-refractivity contribution in [3.63, 3.8) is 0 Å². The smallest absolute Gasteiger partial charge is 0.190 e. The zero-order chi connectivity index (χ0) is 7.11. The highest BCUT2D eigenvalue weighted by Crippen LogP contribution is 1.97. The van der Waals surface area contributed by atoms with Crippen molar-refractivity contribution in [1.82, 2.24) is 0 Å². The second-order valence-corrected chi connectivity index (χ2v) is 1.72. The summed E-state index contributed by atoms with van der Waals surface area (Å²) in [5, 5.41) is 0. The summed E-state index contributed by atoms with van der Waals surface area (Å²) < 4.78 is 4.61. The molecule has 0 unspecified atom stereocenters. The zero-order valence-electron chi connectivity index (χ0n) is 5.92. The van der Waals surface area contributed by atoms with Crippen LogP contribution in [0.1, 0.15) is 20.3 Å². The normalized spacial score (nSPS) is 7.78. The van der Waals surface area contributed by atoms with Crippen LogP contribution in [0.5, 0.6) is 0 Å². The molecule has 9 heavy (non-hydrogen) atoms. The third-order valence-corrected chi connectivity index (χ3v) is 0.543. The number of rotatable bonds is 0. The lowest BCUT2D eigenvalue weighted by molar-refractivity contribution is 0.588. The number of nitrogens with two attached hydrogens (primary N) is 1. The molecule has 52 valence electrons. The molecule has 1 rings (SSSR count). The Morgan fingerprint density at radius 3 is 2.22 bits per heavy atom. The first-order valence-electron chi connectivity index (χ1n) is 3.10. The molecule has 1 aromatic rings. The highest BCUT2D eigenvalue weighted by Gasteiger charge is 1.76. The lowest BCUT2D eigenvalue weighted by Gasteiger charge is -1.70. The van der Waals surface area contributed by atoms with Gasteiger partial charge in [-0.15, -0.1) is 0 Å². The van der Waals surface area contributed by atoms with Crippen LogP contribution >= 0.6 is 0 Å². The summed E-state index contributed by atoms with van der Waals surface area (Å²) in [6.07, 6.45) is 2.79. The van der Waals surface area contributed by atoms with Crippen molar-refractivity contribution >= 4 is 5.88 Å². The molecule has 0 fully saturated rings. The summed E-state index contributed by atoms with van der Waals surface area (Å²) in [6.45, 7) is 4.25. The van der Waals surface area contributed by atoms with Crippen LogP contribution in [-0.2, 0) is 0 Å². The Bertz CT molecular complexity index is 123. The van der Waals surface area contributed by atoms with E-state index in [0.29, 0.717) is 5.88 Å². The first-order valence-corrected chi connectivity index (χ1v) is 3.10. The van der Waals surface area contributed by atoms with Crippen LogP contribution in [0.15, 0.2) is 22.8 Å².